The quantitative estimate of drug-likeness (QED) is 0.919. The van der Waals surface area contributed by atoms with Gasteiger partial charge in [0.15, 0.2) is 0 Å². The van der Waals surface area contributed by atoms with Gasteiger partial charge in [0.1, 0.15) is 11.6 Å². The molecule has 2 atom stereocenters. The lowest BCUT2D eigenvalue weighted by Gasteiger charge is -2.22. The van der Waals surface area contributed by atoms with Crippen LogP contribution in [0.3, 0.4) is 0 Å². The molecule has 21 heavy (non-hydrogen) atoms. The summed E-state index contributed by atoms with van der Waals surface area (Å²) < 4.78 is 28.0. The van der Waals surface area contributed by atoms with Crippen LogP contribution in [0.4, 0.5) is 8.78 Å². The van der Waals surface area contributed by atoms with Crippen molar-refractivity contribution >= 4 is 0 Å². The van der Waals surface area contributed by atoms with Crippen LogP contribution in [0.25, 0.3) is 0 Å². The number of hydrogen-bond donors (Lipinski definition) is 1. The minimum Gasteiger partial charge on any atom is -0.396 e. The number of hydrogen-bond acceptors (Lipinski definition) is 3. The fraction of sp³-hybridized carbons (Fsp3) is 0.250. The third-order valence-electron chi connectivity index (χ3n) is 3.40. The van der Waals surface area contributed by atoms with E-state index in [-0.39, 0.29) is 18.6 Å². The molecule has 1 heterocycles. The van der Waals surface area contributed by atoms with Crippen LogP contribution in [0, 0.1) is 23.0 Å². The van der Waals surface area contributed by atoms with Crippen molar-refractivity contribution in [3.05, 3.63) is 65.5 Å². The fourth-order valence-corrected chi connectivity index (χ4v) is 2.44. The molecule has 5 heteroatoms. The highest BCUT2D eigenvalue weighted by atomic mass is 19.1. The minimum absolute atomic E-state index is 0.0883. The highest BCUT2D eigenvalue weighted by Crippen LogP contribution is 2.37. The van der Waals surface area contributed by atoms with E-state index in [0.29, 0.717) is 5.56 Å². The van der Waals surface area contributed by atoms with E-state index in [4.69, 9.17) is 0 Å². The molecule has 0 aliphatic heterocycles. The molecular weight excluding hydrogens is 274 g/mol. The Morgan fingerprint density at radius 1 is 1.19 bits per heavy atom. The van der Waals surface area contributed by atoms with Gasteiger partial charge in [0.05, 0.1) is 12.0 Å². The monoisotopic (exact) mass is 288 g/mol. The molecule has 0 saturated heterocycles. The second-order valence-corrected chi connectivity index (χ2v) is 4.65. The van der Waals surface area contributed by atoms with Crippen LogP contribution in [0.2, 0.25) is 0 Å². The first-order chi connectivity index (χ1) is 10.2. The predicted molar refractivity (Wildman–Crippen MR) is 73.4 cm³/mol. The van der Waals surface area contributed by atoms with Gasteiger partial charge < -0.3 is 5.11 Å². The molecule has 1 aromatic carbocycles. The third kappa shape index (κ3) is 3.23. The Morgan fingerprint density at radius 3 is 2.43 bits per heavy atom. The van der Waals surface area contributed by atoms with Gasteiger partial charge >= 0.3 is 0 Å². The van der Waals surface area contributed by atoms with Gasteiger partial charge in [-0.05, 0) is 30.2 Å². The van der Waals surface area contributed by atoms with Crippen molar-refractivity contribution in [1.29, 1.82) is 5.26 Å². The number of pyridine rings is 1. The molecule has 0 fully saturated rings. The van der Waals surface area contributed by atoms with Crippen LogP contribution in [-0.4, -0.2) is 16.7 Å². The van der Waals surface area contributed by atoms with Gasteiger partial charge in [-0.2, -0.15) is 5.26 Å². The van der Waals surface area contributed by atoms with Crippen molar-refractivity contribution in [3.8, 4) is 6.07 Å². The maximum Gasteiger partial charge on any atom is 0.129 e. The number of aliphatic hydroxyl groups excluding tert-OH is 1. The Bertz CT molecular complexity index is 620. The van der Waals surface area contributed by atoms with Gasteiger partial charge in [-0.1, -0.05) is 12.1 Å². The summed E-state index contributed by atoms with van der Waals surface area (Å²) in [6, 6.07) is 9.00. The van der Waals surface area contributed by atoms with Crippen molar-refractivity contribution in [2.75, 3.05) is 6.61 Å². The molecule has 1 aromatic heterocycles. The average Bonchev–Trinajstić information content (AvgIpc) is 2.49. The zero-order valence-electron chi connectivity index (χ0n) is 11.2. The number of rotatable bonds is 5. The molecule has 0 saturated carbocycles. The Labute approximate surface area is 121 Å². The summed E-state index contributed by atoms with van der Waals surface area (Å²) in [4.78, 5) is 3.93. The number of aliphatic hydroxyl groups is 1. The molecule has 0 aliphatic rings. The number of aromatic nitrogens is 1. The lowest BCUT2D eigenvalue weighted by atomic mass is 9.80. The van der Waals surface area contributed by atoms with E-state index < -0.39 is 23.5 Å². The zero-order chi connectivity index (χ0) is 15.2. The molecule has 0 radical (unpaired) electrons. The van der Waals surface area contributed by atoms with Crippen LogP contribution >= 0.6 is 0 Å². The highest BCUT2D eigenvalue weighted by Gasteiger charge is 2.29. The maximum absolute atomic E-state index is 14.0. The lowest BCUT2D eigenvalue weighted by molar-refractivity contribution is 0.269. The Kier molecular flexibility index (Phi) is 4.96. The first-order valence-electron chi connectivity index (χ1n) is 6.53. The van der Waals surface area contributed by atoms with Crippen LogP contribution < -0.4 is 0 Å². The Balaban J connectivity index is 2.50. The van der Waals surface area contributed by atoms with Crippen molar-refractivity contribution in [3.63, 3.8) is 0 Å². The molecule has 108 valence electrons. The molecular formula is C16H14F2N2O. The standard InChI is InChI=1S/C16H14F2N2O/c17-14-4-1-5-15(18)16(14)12(6-8-21)13(9-19)11-3-2-7-20-10-11/h1-5,7,10,12-13,21H,6,8H2/t12-,13-/m1/s1. The molecule has 2 aromatic rings. The molecule has 2 rings (SSSR count). The molecule has 1 N–H and O–H groups in total. The van der Waals surface area contributed by atoms with Crippen LogP contribution in [0.15, 0.2) is 42.7 Å². The summed E-state index contributed by atoms with van der Waals surface area (Å²) in [5, 5.41) is 18.6. The summed E-state index contributed by atoms with van der Waals surface area (Å²) in [6.07, 6.45) is 3.14. The van der Waals surface area contributed by atoms with Gasteiger partial charge in [-0.3, -0.25) is 4.98 Å². The molecule has 0 aliphatic carbocycles. The summed E-state index contributed by atoms with van der Waals surface area (Å²) in [7, 11) is 0. The van der Waals surface area contributed by atoms with E-state index in [1.54, 1.807) is 18.3 Å². The van der Waals surface area contributed by atoms with Gasteiger partial charge in [0.2, 0.25) is 0 Å². The van der Waals surface area contributed by atoms with E-state index in [2.05, 4.69) is 11.1 Å². The van der Waals surface area contributed by atoms with Crippen molar-refractivity contribution in [1.82, 2.24) is 4.98 Å². The summed E-state index contributed by atoms with van der Waals surface area (Å²) in [5.41, 5.74) is 0.406. The van der Waals surface area contributed by atoms with Crippen LogP contribution in [0.1, 0.15) is 29.4 Å². The van der Waals surface area contributed by atoms with Gasteiger partial charge in [-0.25, -0.2) is 8.78 Å². The smallest absolute Gasteiger partial charge is 0.129 e. The van der Waals surface area contributed by atoms with Gasteiger partial charge in [0, 0.05) is 30.5 Å². The maximum atomic E-state index is 14.0. The summed E-state index contributed by atoms with van der Waals surface area (Å²) in [6.45, 7) is -0.267. The highest BCUT2D eigenvalue weighted by molar-refractivity contribution is 5.33. The van der Waals surface area contributed by atoms with Crippen molar-refractivity contribution in [2.24, 2.45) is 0 Å². The molecule has 3 nitrogen and oxygen atoms in total. The van der Waals surface area contributed by atoms with Crippen molar-refractivity contribution < 1.29 is 13.9 Å². The third-order valence-corrected chi connectivity index (χ3v) is 3.40. The summed E-state index contributed by atoms with van der Waals surface area (Å²) in [5.74, 6) is -2.97. The van der Waals surface area contributed by atoms with E-state index in [9.17, 15) is 19.1 Å². The number of nitrogens with zero attached hydrogens (tertiary/aromatic N) is 2. The molecule has 0 unspecified atom stereocenters. The van der Waals surface area contributed by atoms with E-state index >= 15 is 0 Å². The van der Waals surface area contributed by atoms with Crippen LogP contribution in [0.5, 0.6) is 0 Å². The largest absolute Gasteiger partial charge is 0.396 e. The Hall–Kier alpha value is -2.32. The second kappa shape index (κ2) is 6.91. The number of benzene rings is 1. The van der Waals surface area contributed by atoms with Crippen molar-refractivity contribution in [2.45, 2.75) is 18.3 Å². The minimum atomic E-state index is -0.780. The number of halogens is 2. The first kappa shape index (κ1) is 15.1. The van der Waals surface area contributed by atoms with Gasteiger partial charge in [0.25, 0.3) is 0 Å². The topological polar surface area (TPSA) is 56.9 Å². The first-order valence-corrected chi connectivity index (χ1v) is 6.53. The number of nitriles is 1. The fourth-order valence-electron chi connectivity index (χ4n) is 2.44. The molecule has 0 spiro atoms. The van der Waals surface area contributed by atoms with Gasteiger partial charge in [-0.15, -0.1) is 0 Å². The normalized spacial score (nSPS) is 13.4. The lowest BCUT2D eigenvalue weighted by Crippen LogP contribution is -2.15. The van der Waals surface area contributed by atoms with E-state index in [0.717, 1.165) is 12.1 Å². The SMILES string of the molecule is N#C[C@H](c1cccnc1)[C@@H](CCO)c1c(F)cccc1F. The predicted octanol–water partition coefficient (Wildman–Crippen LogP) is 3.13. The second-order valence-electron chi connectivity index (χ2n) is 4.65. The average molecular weight is 288 g/mol. The summed E-state index contributed by atoms with van der Waals surface area (Å²) >= 11 is 0. The molecule has 0 amide bonds. The van der Waals surface area contributed by atoms with Crippen LogP contribution in [-0.2, 0) is 0 Å². The molecule has 0 bridgehead atoms. The van der Waals surface area contributed by atoms with E-state index in [1.165, 1.54) is 12.3 Å². The Morgan fingerprint density at radius 2 is 1.90 bits per heavy atom. The zero-order valence-corrected chi connectivity index (χ0v) is 11.2. The van der Waals surface area contributed by atoms with E-state index in [1.807, 2.05) is 0 Å².